The highest BCUT2D eigenvalue weighted by Gasteiger charge is 2.17. The van der Waals surface area contributed by atoms with E-state index in [-0.39, 0.29) is 0 Å². The maximum Gasteiger partial charge on any atom is 0.320 e. The van der Waals surface area contributed by atoms with E-state index in [0.29, 0.717) is 11.1 Å². The number of hydrogen-bond acceptors (Lipinski definition) is 3. The van der Waals surface area contributed by atoms with Crippen LogP contribution in [0.3, 0.4) is 0 Å². The molecule has 0 aliphatic carbocycles. The van der Waals surface area contributed by atoms with Gasteiger partial charge in [-0.25, -0.2) is 8.42 Å². The van der Waals surface area contributed by atoms with Gasteiger partial charge in [-0.3, -0.25) is 9.52 Å². The van der Waals surface area contributed by atoms with Crippen molar-refractivity contribution in [2.75, 3.05) is 10.5 Å². The molecule has 0 radical (unpaired) electrons. The number of anilines is 1. The average Bonchev–Trinajstić information content (AvgIpc) is 2.59. The normalized spacial score (nSPS) is 11.5. The molecule has 0 aliphatic rings. The van der Waals surface area contributed by atoms with E-state index in [2.05, 4.69) is 9.71 Å². The summed E-state index contributed by atoms with van der Waals surface area (Å²) in [6, 6.07) is 7.12. The Hall–Kier alpha value is -2.02. The van der Waals surface area contributed by atoms with E-state index in [9.17, 15) is 13.2 Å². The van der Waals surface area contributed by atoms with Crippen LogP contribution in [0, 0.1) is 0 Å². The highest BCUT2D eigenvalue weighted by atomic mass is 32.2. The second kappa shape index (κ2) is 4.10. The molecule has 0 fully saturated rings. The van der Waals surface area contributed by atoms with Gasteiger partial charge in [-0.05, 0) is 6.07 Å². The van der Waals surface area contributed by atoms with Gasteiger partial charge < -0.3 is 10.1 Å². The molecule has 17 heavy (non-hydrogen) atoms. The fraction of sp³-hybridized carbons (Fsp3) is 0.100. The molecule has 0 bridgehead atoms. The molecule has 90 valence electrons. The molecule has 7 heteroatoms. The fourth-order valence-electron chi connectivity index (χ4n) is 1.52. The Labute approximate surface area is 97.3 Å². The number of carboxylic acids is 1. The quantitative estimate of drug-likeness (QED) is 0.757. The van der Waals surface area contributed by atoms with Crippen LogP contribution in [0.1, 0.15) is 0 Å². The van der Waals surface area contributed by atoms with Gasteiger partial charge in [-0.2, -0.15) is 0 Å². The number of H-pyrrole nitrogens is 1. The molecular formula is C10H10N2O4S. The Balaban J connectivity index is 2.33. The third-order valence-electron chi connectivity index (χ3n) is 2.17. The molecule has 0 spiro atoms. The summed E-state index contributed by atoms with van der Waals surface area (Å²) in [4.78, 5) is 13.3. The van der Waals surface area contributed by atoms with Gasteiger partial charge in [-0.1, -0.05) is 18.2 Å². The zero-order chi connectivity index (χ0) is 12.5. The number of sulfonamides is 1. The molecule has 0 amide bonds. The molecule has 2 aromatic rings. The van der Waals surface area contributed by atoms with E-state index in [0.717, 1.165) is 5.52 Å². The number of para-hydroxylation sites is 1. The van der Waals surface area contributed by atoms with Crippen molar-refractivity contribution >= 4 is 32.6 Å². The van der Waals surface area contributed by atoms with Crippen molar-refractivity contribution < 1.29 is 18.3 Å². The average molecular weight is 254 g/mol. The Bertz CT molecular complexity index is 660. The molecule has 1 heterocycles. The summed E-state index contributed by atoms with van der Waals surface area (Å²) < 4.78 is 25.1. The monoisotopic (exact) mass is 254 g/mol. The zero-order valence-corrected chi connectivity index (χ0v) is 9.49. The maximum absolute atomic E-state index is 11.4. The minimum absolute atomic E-state index is 0.349. The lowest BCUT2D eigenvalue weighted by molar-refractivity contribution is -0.134. The highest BCUT2D eigenvalue weighted by Crippen LogP contribution is 2.23. The molecule has 0 saturated carbocycles. The number of aliphatic carboxylic acids is 1. The molecule has 3 N–H and O–H groups in total. The summed E-state index contributed by atoms with van der Waals surface area (Å²) in [5.41, 5.74) is 1.13. The highest BCUT2D eigenvalue weighted by molar-refractivity contribution is 7.93. The van der Waals surface area contributed by atoms with E-state index in [1.165, 1.54) is 6.20 Å². The molecule has 0 saturated heterocycles. The molecule has 2 rings (SSSR count). The first kappa shape index (κ1) is 11.5. The third kappa shape index (κ3) is 2.56. The lowest BCUT2D eigenvalue weighted by atomic mass is 10.2. The number of carbonyl (C=O) groups is 1. The summed E-state index contributed by atoms with van der Waals surface area (Å²) in [5.74, 6) is -2.34. The Kier molecular flexibility index (Phi) is 2.76. The third-order valence-corrected chi connectivity index (χ3v) is 3.33. The minimum Gasteiger partial charge on any atom is -0.480 e. The van der Waals surface area contributed by atoms with E-state index < -0.39 is 21.7 Å². The predicted octanol–water partition coefficient (Wildman–Crippen LogP) is 0.994. The predicted molar refractivity (Wildman–Crippen MR) is 63.3 cm³/mol. The van der Waals surface area contributed by atoms with Crippen LogP contribution >= 0.6 is 0 Å². The summed E-state index contributed by atoms with van der Waals surface area (Å²) in [7, 11) is -3.86. The van der Waals surface area contributed by atoms with Crippen LogP contribution in [-0.2, 0) is 14.8 Å². The smallest absolute Gasteiger partial charge is 0.320 e. The molecule has 6 nitrogen and oxygen atoms in total. The van der Waals surface area contributed by atoms with E-state index >= 15 is 0 Å². The summed E-state index contributed by atoms with van der Waals surface area (Å²) in [6.45, 7) is 0. The van der Waals surface area contributed by atoms with E-state index in [1.54, 1.807) is 18.2 Å². The Morgan fingerprint density at radius 1 is 1.35 bits per heavy atom. The maximum atomic E-state index is 11.4. The topological polar surface area (TPSA) is 99.3 Å². The van der Waals surface area contributed by atoms with Gasteiger partial charge in [0.05, 0.1) is 5.69 Å². The molecule has 0 atom stereocenters. The van der Waals surface area contributed by atoms with E-state index in [1.807, 2.05) is 6.07 Å². The molecule has 1 aromatic heterocycles. The van der Waals surface area contributed by atoms with Crippen molar-refractivity contribution in [2.45, 2.75) is 0 Å². The van der Waals surface area contributed by atoms with Crippen LogP contribution in [0.4, 0.5) is 5.69 Å². The number of aromatic amines is 1. The van der Waals surface area contributed by atoms with Gasteiger partial charge in [0.15, 0.2) is 5.75 Å². The number of rotatable bonds is 4. The standard InChI is InChI=1S/C10H10N2O4S/c13-10(14)6-17(15,16)12-9-5-11-8-4-2-1-3-7(8)9/h1-5,11-12H,6H2,(H,13,14). The van der Waals surface area contributed by atoms with Crippen LogP contribution in [0.25, 0.3) is 10.9 Å². The molecule has 1 aromatic carbocycles. The van der Waals surface area contributed by atoms with Gasteiger partial charge in [0, 0.05) is 17.1 Å². The van der Waals surface area contributed by atoms with Crippen molar-refractivity contribution in [1.82, 2.24) is 4.98 Å². The number of nitrogens with one attached hydrogen (secondary N) is 2. The van der Waals surface area contributed by atoms with Gasteiger partial charge in [0.25, 0.3) is 0 Å². The van der Waals surface area contributed by atoms with Crippen LogP contribution in [0.2, 0.25) is 0 Å². The lowest BCUT2D eigenvalue weighted by Crippen LogP contribution is -2.22. The first-order valence-electron chi connectivity index (χ1n) is 4.76. The number of benzene rings is 1. The van der Waals surface area contributed by atoms with Crippen molar-refractivity contribution in [3.63, 3.8) is 0 Å². The molecular weight excluding hydrogens is 244 g/mol. The Morgan fingerprint density at radius 3 is 2.76 bits per heavy atom. The second-order valence-electron chi connectivity index (χ2n) is 3.50. The van der Waals surface area contributed by atoms with Crippen LogP contribution < -0.4 is 4.72 Å². The van der Waals surface area contributed by atoms with Gasteiger partial charge >= 0.3 is 5.97 Å². The zero-order valence-electron chi connectivity index (χ0n) is 8.67. The SMILES string of the molecule is O=C(O)CS(=O)(=O)Nc1c[nH]c2ccccc12. The number of hydrogen-bond donors (Lipinski definition) is 3. The van der Waals surface area contributed by atoms with Gasteiger partial charge in [-0.15, -0.1) is 0 Å². The Morgan fingerprint density at radius 2 is 2.06 bits per heavy atom. The van der Waals surface area contributed by atoms with E-state index in [4.69, 9.17) is 5.11 Å². The van der Waals surface area contributed by atoms with Crippen LogP contribution in [0.5, 0.6) is 0 Å². The fourth-order valence-corrected chi connectivity index (χ4v) is 2.42. The van der Waals surface area contributed by atoms with Crippen LogP contribution in [0.15, 0.2) is 30.5 Å². The molecule has 0 unspecified atom stereocenters. The van der Waals surface area contributed by atoms with Crippen molar-refractivity contribution in [1.29, 1.82) is 0 Å². The summed E-state index contributed by atoms with van der Waals surface area (Å²) >= 11 is 0. The number of aromatic nitrogens is 1. The summed E-state index contributed by atoms with van der Waals surface area (Å²) in [6.07, 6.45) is 1.49. The lowest BCUT2D eigenvalue weighted by Gasteiger charge is -2.03. The van der Waals surface area contributed by atoms with Crippen molar-refractivity contribution in [3.05, 3.63) is 30.5 Å². The van der Waals surface area contributed by atoms with Gasteiger partial charge in [0.2, 0.25) is 10.0 Å². The number of fused-ring (bicyclic) bond motifs is 1. The minimum atomic E-state index is -3.86. The molecule has 0 aliphatic heterocycles. The summed E-state index contributed by atoms with van der Waals surface area (Å²) in [5, 5.41) is 9.16. The van der Waals surface area contributed by atoms with Crippen molar-refractivity contribution in [3.8, 4) is 0 Å². The largest absolute Gasteiger partial charge is 0.480 e. The van der Waals surface area contributed by atoms with Crippen LogP contribution in [-0.4, -0.2) is 30.2 Å². The first-order valence-corrected chi connectivity index (χ1v) is 6.41. The second-order valence-corrected chi connectivity index (χ2v) is 5.23. The van der Waals surface area contributed by atoms with Gasteiger partial charge in [0.1, 0.15) is 0 Å². The van der Waals surface area contributed by atoms with Crippen molar-refractivity contribution in [2.24, 2.45) is 0 Å². The number of carboxylic acid groups (broad SMARTS) is 1. The first-order chi connectivity index (χ1) is 7.98.